The Morgan fingerprint density at radius 3 is 2.95 bits per heavy atom. The Bertz CT molecular complexity index is 673. The summed E-state index contributed by atoms with van der Waals surface area (Å²) in [4.78, 5) is 7.24. The molecule has 0 aromatic carbocycles. The molecule has 4 heteroatoms. The van der Waals surface area contributed by atoms with Crippen LogP contribution in [0.4, 0.5) is 5.69 Å². The molecule has 3 nitrogen and oxygen atoms in total. The van der Waals surface area contributed by atoms with E-state index in [0.717, 1.165) is 23.6 Å². The van der Waals surface area contributed by atoms with E-state index in [1.807, 2.05) is 31.3 Å². The maximum atomic E-state index is 9.26. The number of rotatable bonds is 3. The van der Waals surface area contributed by atoms with Crippen molar-refractivity contribution in [2.24, 2.45) is 0 Å². The van der Waals surface area contributed by atoms with Crippen LogP contribution in [-0.4, -0.2) is 4.98 Å². The quantitative estimate of drug-likeness (QED) is 0.933. The van der Waals surface area contributed by atoms with E-state index in [1.165, 1.54) is 29.7 Å². The summed E-state index contributed by atoms with van der Waals surface area (Å²) >= 11 is 1.90. The largest absolute Gasteiger partial charge is 0.379 e. The van der Waals surface area contributed by atoms with Crippen molar-refractivity contribution in [3.05, 3.63) is 44.4 Å². The SMILES string of the molecule is Cc1cc(NCc2cc3c(s2)CCC3)c(C#N)c(C)n1. The fraction of sp³-hybridized carbons (Fsp3) is 0.375. The van der Waals surface area contributed by atoms with Crippen LogP contribution in [-0.2, 0) is 19.4 Å². The van der Waals surface area contributed by atoms with Crippen molar-refractivity contribution in [2.45, 2.75) is 39.7 Å². The minimum atomic E-state index is 0.652. The van der Waals surface area contributed by atoms with Gasteiger partial charge in [0.1, 0.15) is 6.07 Å². The molecule has 0 bridgehead atoms. The number of aromatic nitrogens is 1. The van der Waals surface area contributed by atoms with Crippen molar-refractivity contribution in [2.75, 3.05) is 5.32 Å². The number of fused-ring (bicyclic) bond motifs is 1. The Kier molecular flexibility index (Phi) is 3.45. The van der Waals surface area contributed by atoms with Crippen molar-refractivity contribution in [1.82, 2.24) is 4.98 Å². The standard InChI is InChI=1S/C16H17N3S/c1-10-6-15(14(8-17)11(2)19-10)18-9-13-7-12-4-3-5-16(12)20-13/h6-7H,3-5,9H2,1-2H3,(H,18,19). The van der Waals surface area contributed by atoms with Gasteiger partial charge in [-0.25, -0.2) is 0 Å². The molecule has 3 rings (SSSR count). The minimum Gasteiger partial charge on any atom is -0.379 e. The Labute approximate surface area is 123 Å². The molecular weight excluding hydrogens is 266 g/mol. The number of pyridine rings is 1. The summed E-state index contributed by atoms with van der Waals surface area (Å²) in [6.07, 6.45) is 3.76. The highest BCUT2D eigenvalue weighted by Gasteiger charge is 2.15. The second kappa shape index (κ2) is 5.26. The molecule has 2 heterocycles. The van der Waals surface area contributed by atoms with Gasteiger partial charge < -0.3 is 5.32 Å². The molecule has 0 atom stereocenters. The predicted molar refractivity (Wildman–Crippen MR) is 82.1 cm³/mol. The zero-order valence-corrected chi connectivity index (χ0v) is 12.6. The van der Waals surface area contributed by atoms with Crippen molar-refractivity contribution in [3.8, 4) is 6.07 Å². The van der Waals surface area contributed by atoms with Crippen molar-refractivity contribution in [3.63, 3.8) is 0 Å². The van der Waals surface area contributed by atoms with Gasteiger partial charge in [0.05, 0.1) is 16.9 Å². The van der Waals surface area contributed by atoms with Crippen LogP contribution in [0.2, 0.25) is 0 Å². The first-order valence-corrected chi connectivity index (χ1v) is 7.71. The van der Waals surface area contributed by atoms with E-state index in [9.17, 15) is 5.26 Å². The molecule has 0 radical (unpaired) electrons. The highest BCUT2D eigenvalue weighted by molar-refractivity contribution is 7.12. The normalized spacial score (nSPS) is 13.1. The first-order chi connectivity index (χ1) is 9.67. The summed E-state index contributed by atoms with van der Waals surface area (Å²) in [6, 6.07) is 6.51. The molecule has 0 amide bonds. The third-order valence-corrected chi connectivity index (χ3v) is 4.93. The molecule has 1 aliphatic rings. The number of hydrogen-bond acceptors (Lipinski definition) is 4. The van der Waals surface area contributed by atoms with Crippen LogP contribution in [0.25, 0.3) is 0 Å². The molecule has 0 spiro atoms. The maximum Gasteiger partial charge on any atom is 0.103 e. The lowest BCUT2D eigenvalue weighted by Gasteiger charge is -2.10. The van der Waals surface area contributed by atoms with Gasteiger partial charge in [0.2, 0.25) is 0 Å². The van der Waals surface area contributed by atoms with Gasteiger partial charge in [-0.15, -0.1) is 11.3 Å². The van der Waals surface area contributed by atoms with E-state index >= 15 is 0 Å². The molecule has 2 aromatic rings. The van der Waals surface area contributed by atoms with Crippen LogP contribution in [0, 0.1) is 25.2 Å². The number of thiophene rings is 1. The van der Waals surface area contributed by atoms with Crippen LogP contribution in [0.15, 0.2) is 12.1 Å². The first-order valence-electron chi connectivity index (χ1n) is 6.90. The zero-order valence-electron chi connectivity index (χ0n) is 11.8. The van der Waals surface area contributed by atoms with Crippen LogP contribution in [0.3, 0.4) is 0 Å². The van der Waals surface area contributed by atoms with Crippen LogP contribution in [0.1, 0.15) is 38.7 Å². The van der Waals surface area contributed by atoms with Gasteiger partial charge >= 0.3 is 0 Å². The van der Waals surface area contributed by atoms with E-state index in [1.54, 1.807) is 4.88 Å². The second-order valence-corrected chi connectivity index (χ2v) is 6.47. The Hall–Kier alpha value is -1.86. The number of hydrogen-bond donors (Lipinski definition) is 1. The zero-order chi connectivity index (χ0) is 14.1. The summed E-state index contributed by atoms with van der Waals surface area (Å²) < 4.78 is 0. The molecule has 1 aliphatic carbocycles. The Morgan fingerprint density at radius 1 is 1.35 bits per heavy atom. The van der Waals surface area contributed by atoms with Crippen LogP contribution in [0.5, 0.6) is 0 Å². The van der Waals surface area contributed by atoms with E-state index in [0.29, 0.717) is 5.56 Å². The molecule has 0 saturated carbocycles. The molecule has 0 saturated heterocycles. The molecule has 1 N–H and O–H groups in total. The highest BCUT2D eigenvalue weighted by atomic mass is 32.1. The van der Waals surface area contributed by atoms with Crippen molar-refractivity contribution in [1.29, 1.82) is 5.26 Å². The fourth-order valence-electron chi connectivity index (χ4n) is 2.77. The highest BCUT2D eigenvalue weighted by Crippen LogP contribution is 2.31. The van der Waals surface area contributed by atoms with Gasteiger partial charge in [-0.2, -0.15) is 5.26 Å². The third-order valence-electron chi connectivity index (χ3n) is 3.69. The minimum absolute atomic E-state index is 0.652. The van der Waals surface area contributed by atoms with E-state index in [4.69, 9.17) is 0 Å². The number of aryl methyl sites for hydroxylation is 4. The van der Waals surface area contributed by atoms with Gasteiger partial charge in [0, 0.05) is 22.0 Å². The van der Waals surface area contributed by atoms with Gasteiger partial charge in [-0.05, 0) is 50.8 Å². The maximum absolute atomic E-state index is 9.26. The lowest BCUT2D eigenvalue weighted by atomic mass is 10.1. The molecule has 0 aliphatic heterocycles. The van der Waals surface area contributed by atoms with Gasteiger partial charge in [-0.1, -0.05) is 0 Å². The lowest BCUT2D eigenvalue weighted by molar-refractivity contribution is 0.913. The van der Waals surface area contributed by atoms with Crippen LogP contribution < -0.4 is 5.32 Å². The first kappa shape index (κ1) is 13.1. The Balaban J connectivity index is 1.79. The number of nitriles is 1. The lowest BCUT2D eigenvalue weighted by Crippen LogP contribution is -2.03. The fourth-order valence-corrected chi connectivity index (χ4v) is 3.97. The average Bonchev–Trinajstić information content (AvgIpc) is 2.96. The molecule has 102 valence electrons. The summed E-state index contributed by atoms with van der Waals surface area (Å²) in [5, 5.41) is 12.7. The van der Waals surface area contributed by atoms with E-state index < -0.39 is 0 Å². The van der Waals surface area contributed by atoms with Crippen LogP contribution >= 0.6 is 11.3 Å². The number of nitrogens with zero attached hydrogens (tertiary/aromatic N) is 2. The van der Waals surface area contributed by atoms with Gasteiger partial charge in [0.25, 0.3) is 0 Å². The summed E-state index contributed by atoms with van der Waals surface area (Å²) in [6.45, 7) is 4.63. The molecule has 0 fully saturated rings. The smallest absolute Gasteiger partial charge is 0.103 e. The monoisotopic (exact) mass is 283 g/mol. The average molecular weight is 283 g/mol. The molecule has 0 unspecified atom stereocenters. The van der Waals surface area contributed by atoms with Gasteiger partial charge in [0.15, 0.2) is 0 Å². The Morgan fingerprint density at radius 2 is 2.20 bits per heavy atom. The molecule has 2 aromatic heterocycles. The second-order valence-electron chi connectivity index (χ2n) is 5.25. The van der Waals surface area contributed by atoms with Crippen molar-refractivity contribution < 1.29 is 0 Å². The van der Waals surface area contributed by atoms with Crippen molar-refractivity contribution >= 4 is 17.0 Å². The molecular formula is C16H17N3S. The van der Waals surface area contributed by atoms with E-state index in [-0.39, 0.29) is 0 Å². The topological polar surface area (TPSA) is 48.7 Å². The number of nitrogens with one attached hydrogen (secondary N) is 1. The summed E-state index contributed by atoms with van der Waals surface area (Å²) in [7, 11) is 0. The third kappa shape index (κ3) is 2.41. The number of anilines is 1. The molecule has 20 heavy (non-hydrogen) atoms. The van der Waals surface area contributed by atoms with E-state index in [2.05, 4.69) is 22.4 Å². The van der Waals surface area contributed by atoms with Gasteiger partial charge in [-0.3, -0.25) is 4.98 Å². The predicted octanol–water partition coefficient (Wildman–Crippen LogP) is 3.73. The summed E-state index contributed by atoms with van der Waals surface area (Å²) in [5.41, 5.74) is 4.81. The summed E-state index contributed by atoms with van der Waals surface area (Å²) in [5.74, 6) is 0.